The predicted molar refractivity (Wildman–Crippen MR) is 128 cm³/mol. The fourth-order valence-corrected chi connectivity index (χ4v) is 3.59. The Bertz CT molecular complexity index is 1260. The molecule has 0 radical (unpaired) electrons. The second-order valence-corrected chi connectivity index (χ2v) is 7.81. The number of nitrogens with zero attached hydrogens (tertiary/aromatic N) is 2. The van der Waals surface area contributed by atoms with Crippen molar-refractivity contribution in [1.82, 2.24) is 9.97 Å². The summed E-state index contributed by atoms with van der Waals surface area (Å²) >= 11 is 3.33. The van der Waals surface area contributed by atoms with Crippen molar-refractivity contribution in [3.05, 3.63) is 89.2 Å². The van der Waals surface area contributed by atoms with Crippen LogP contribution in [0.15, 0.2) is 83.6 Å². The van der Waals surface area contributed by atoms with Crippen molar-refractivity contribution < 1.29 is 14.3 Å². The van der Waals surface area contributed by atoms with Crippen molar-refractivity contribution in [2.45, 2.75) is 0 Å². The van der Waals surface area contributed by atoms with E-state index < -0.39 is 0 Å². The van der Waals surface area contributed by atoms with Gasteiger partial charge in [0, 0.05) is 33.7 Å². The lowest BCUT2D eigenvalue weighted by Crippen LogP contribution is -2.12. The molecule has 7 heteroatoms. The third kappa shape index (κ3) is 4.78. The molecular formula is C25H20BrN3O3. The topological polar surface area (TPSA) is 73.3 Å². The summed E-state index contributed by atoms with van der Waals surface area (Å²) in [5.41, 5.74) is 4.52. The van der Waals surface area contributed by atoms with Crippen LogP contribution in [0.2, 0.25) is 0 Å². The Kier molecular flexibility index (Phi) is 6.47. The summed E-state index contributed by atoms with van der Waals surface area (Å²) in [6.07, 6.45) is 3.16. The van der Waals surface area contributed by atoms with E-state index in [1.54, 1.807) is 26.5 Å². The first kappa shape index (κ1) is 21.5. The number of benzene rings is 2. The molecule has 0 saturated heterocycles. The van der Waals surface area contributed by atoms with E-state index >= 15 is 0 Å². The van der Waals surface area contributed by atoms with Crippen molar-refractivity contribution in [2.75, 3.05) is 19.5 Å². The number of nitrogens with one attached hydrogen (secondary N) is 1. The van der Waals surface area contributed by atoms with Crippen LogP contribution in [0.1, 0.15) is 10.4 Å². The van der Waals surface area contributed by atoms with Crippen molar-refractivity contribution in [2.24, 2.45) is 0 Å². The summed E-state index contributed by atoms with van der Waals surface area (Å²) < 4.78 is 11.6. The molecule has 0 fully saturated rings. The number of anilines is 1. The van der Waals surface area contributed by atoms with E-state index in [1.165, 1.54) is 6.20 Å². The van der Waals surface area contributed by atoms with Crippen molar-refractivity contribution in [1.29, 1.82) is 0 Å². The van der Waals surface area contributed by atoms with Crippen molar-refractivity contribution in [3.63, 3.8) is 0 Å². The number of pyridine rings is 2. The Balaban J connectivity index is 1.57. The number of amides is 1. The average molecular weight is 490 g/mol. The number of methoxy groups -OCH3 is 2. The fraction of sp³-hybridized carbons (Fsp3) is 0.0800. The number of aromatic nitrogens is 2. The average Bonchev–Trinajstić information content (AvgIpc) is 2.84. The molecule has 0 spiro atoms. The third-order valence-corrected chi connectivity index (χ3v) is 5.27. The largest absolute Gasteiger partial charge is 0.497 e. The molecular weight excluding hydrogens is 470 g/mol. The summed E-state index contributed by atoms with van der Waals surface area (Å²) in [7, 11) is 3.26. The van der Waals surface area contributed by atoms with E-state index in [0.29, 0.717) is 11.3 Å². The minimum atomic E-state index is -0.225. The number of carbonyl (C=O) groups excluding carboxylic acids is 1. The van der Waals surface area contributed by atoms with E-state index in [1.807, 2.05) is 60.7 Å². The molecule has 2 aromatic heterocycles. The molecule has 0 atom stereocenters. The maximum absolute atomic E-state index is 12.4. The standard InChI is InChI=1S/C25H20BrN3O3/c1-31-20-10-11-24(32-2)21(13-20)23-5-3-4-22(29-23)16-6-8-19(9-7-16)28-25(30)17-12-18(26)15-27-14-17/h3-15H,1-2H3,(H,28,30). The molecule has 4 rings (SSSR count). The number of rotatable bonds is 6. The van der Waals surface area contributed by atoms with Crippen LogP contribution >= 0.6 is 15.9 Å². The SMILES string of the molecule is COc1ccc(OC)c(-c2cccc(-c3ccc(NC(=O)c4cncc(Br)c4)cc3)n2)c1. The molecule has 32 heavy (non-hydrogen) atoms. The Morgan fingerprint density at radius 1 is 0.906 bits per heavy atom. The Morgan fingerprint density at radius 3 is 2.41 bits per heavy atom. The van der Waals surface area contributed by atoms with Crippen LogP contribution in [-0.2, 0) is 0 Å². The van der Waals surface area contributed by atoms with E-state index in [-0.39, 0.29) is 5.91 Å². The van der Waals surface area contributed by atoms with Crippen LogP contribution in [0.5, 0.6) is 11.5 Å². The maximum atomic E-state index is 12.4. The maximum Gasteiger partial charge on any atom is 0.257 e. The lowest BCUT2D eigenvalue weighted by molar-refractivity contribution is 0.102. The summed E-state index contributed by atoms with van der Waals surface area (Å²) in [6, 6.07) is 20.7. The van der Waals surface area contributed by atoms with E-state index in [0.717, 1.165) is 38.5 Å². The molecule has 0 unspecified atom stereocenters. The van der Waals surface area contributed by atoms with Gasteiger partial charge in [0.25, 0.3) is 5.91 Å². The number of hydrogen-bond donors (Lipinski definition) is 1. The first-order valence-electron chi connectivity index (χ1n) is 9.79. The highest BCUT2D eigenvalue weighted by molar-refractivity contribution is 9.10. The normalized spacial score (nSPS) is 10.5. The van der Waals surface area contributed by atoms with Gasteiger partial charge in [0.2, 0.25) is 0 Å². The van der Waals surface area contributed by atoms with Crippen LogP contribution in [0.25, 0.3) is 22.5 Å². The zero-order valence-corrected chi connectivity index (χ0v) is 19.1. The van der Waals surface area contributed by atoms with Gasteiger partial charge in [0.1, 0.15) is 11.5 Å². The number of ether oxygens (including phenoxy) is 2. The quantitative estimate of drug-likeness (QED) is 0.368. The van der Waals surface area contributed by atoms with Crippen LogP contribution in [0.4, 0.5) is 5.69 Å². The number of halogens is 1. The molecule has 0 bridgehead atoms. The fourth-order valence-electron chi connectivity index (χ4n) is 3.22. The van der Waals surface area contributed by atoms with Gasteiger partial charge in [0.15, 0.2) is 0 Å². The number of carbonyl (C=O) groups is 1. The monoisotopic (exact) mass is 489 g/mol. The Morgan fingerprint density at radius 2 is 1.69 bits per heavy atom. The molecule has 2 aromatic carbocycles. The van der Waals surface area contributed by atoms with Gasteiger partial charge in [-0.1, -0.05) is 18.2 Å². The lowest BCUT2D eigenvalue weighted by Gasteiger charge is -2.11. The van der Waals surface area contributed by atoms with Gasteiger partial charge in [-0.15, -0.1) is 0 Å². The van der Waals surface area contributed by atoms with E-state index in [2.05, 4.69) is 26.2 Å². The molecule has 6 nitrogen and oxygen atoms in total. The zero-order chi connectivity index (χ0) is 22.5. The molecule has 1 amide bonds. The van der Waals surface area contributed by atoms with Gasteiger partial charge < -0.3 is 14.8 Å². The first-order chi connectivity index (χ1) is 15.6. The van der Waals surface area contributed by atoms with Gasteiger partial charge >= 0.3 is 0 Å². The molecule has 1 N–H and O–H groups in total. The van der Waals surface area contributed by atoms with Crippen molar-refractivity contribution >= 4 is 27.5 Å². The zero-order valence-electron chi connectivity index (χ0n) is 17.5. The van der Waals surface area contributed by atoms with E-state index in [4.69, 9.17) is 14.5 Å². The molecule has 4 aromatic rings. The van der Waals surface area contributed by atoms with Gasteiger partial charge in [-0.3, -0.25) is 9.78 Å². The minimum absolute atomic E-state index is 0.225. The number of hydrogen-bond acceptors (Lipinski definition) is 5. The third-order valence-electron chi connectivity index (χ3n) is 4.84. The van der Waals surface area contributed by atoms with Crippen molar-refractivity contribution in [3.8, 4) is 34.0 Å². The van der Waals surface area contributed by atoms with Crippen LogP contribution in [-0.4, -0.2) is 30.1 Å². The highest BCUT2D eigenvalue weighted by Crippen LogP contribution is 2.33. The van der Waals surface area contributed by atoms with Crippen LogP contribution in [0, 0.1) is 0 Å². The highest BCUT2D eigenvalue weighted by atomic mass is 79.9. The minimum Gasteiger partial charge on any atom is -0.497 e. The van der Waals surface area contributed by atoms with Gasteiger partial charge in [-0.05, 0) is 64.5 Å². The van der Waals surface area contributed by atoms with Gasteiger partial charge in [0.05, 0.1) is 31.2 Å². The smallest absolute Gasteiger partial charge is 0.257 e. The Hall–Kier alpha value is -3.71. The second kappa shape index (κ2) is 9.62. The molecule has 0 saturated carbocycles. The van der Waals surface area contributed by atoms with Crippen LogP contribution in [0.3, 0.4) is 0 Å². The molecule has 0 aliphatic carbocycles. The van der Waals surface area contributed by atoms with E-state index in [9.17, 15) is 4.79 Å². The summed E-state index contributed by atoms with van der Waals surface area (Å²) in [6.45, 7) is 0. The predicted octanol–water partition coefficient (Wildman–Crippen LogP) is 5.84. The molecule has 2 heterocycles. The molecule has 0 aliphatic rings. The molecule has 0 aliphatic heterocycles. The van der Waals surface area contributed by atoms with Crippen LogP contribution < -0.4 is 14.8 Å². The Labute approximate surface area is 194 Å². The summed E-state index contributed by atoms with van der Waals surface area (Å²) in [4.78, 5) is 21.3. The van der Waals surface area contributed by atoms with Gasteiger partial charge in [-0.25, -0.2) is 4.98 Å². The lowest BCUT2D eigenvalue weighted by atomic mass is 10.1. The summed E-state index contributed by atoms with van der Waals surface area (Å²) in [5.74, 6) is 1.22. The van der Waals surface area contributed by atoms with Gasteiger partial charge in [-0.2, -0.15) is 0 Å². The summed E-state index contributed by atoms with van der Waals surface area (Å²) in [5, 5.41) is 2.88. The second-order valence-electron chi connectivity index (χ2n) is 6.90. The first-order valence-corrected chi connectivity index (χ1v) is 10.6. The molecule has 160 valence electrons. The highest BCUT2D eigenvalue weighted by Gasteiger charge is 2.11.